The highest BCUT2D eigenvalue weighted by molar-refractivity contribution is 7.99. The van der Waals surface area contributed by atoms with Crippen molar-refractivity contribution >= 4 is 81.4 Å². The van der Waals surface area contributed by atoms with E-state index in [2.05, 4.69) is 0 Å². The minimum absolute atomic E-state index is 0.123. The number of aromatic hydroxyl groups is 2. The van der Waals surface area contributed by atoms with Gasteiger partial charge in [-0.2, -0.15) is 0 Å². The molecule has 0 aliphatic rings. The van der Waals surface area contributed by atoms with E-state index in [1.54, 1.807) is 24.3 Å². The van der Waals surface area contributed by atoms with Crippen LogP contribution < -0.4 is 0 Å². The third-order valence-corrected chi connectivity index (χ3v) is 4.98. The molecule has 0 saturated carbocycles. The zero-order chi connectivity index (χ0) is 17.4. The minimum Gasteiger partial charge on any atom is -0.508 e. The first-order valence-electron chi connectivity index (χ1n) is 5.97. The molecule has 0 bridgehead atoms. The van der Waals surface area contributed by atoms with Crippen LogP contribution in [0.5, 0.6) is 11.5 Å². The van der Waals surface area contributed by atoms with Gasteiger partial charge in [0.15, 0.2) is 0 Å². The number of rotatable bonds is 2. The summed E-state index contributed by atoms with van der Waals surface area (Å²) in [6.07, 6.45) is 0. The van der Waals surface area contributed by atoms with Crippen molar-refractivity contribution in [3.05, 3.63) is 47.5 Å². The Morgan fingerprint density at radius 3 is 1.30 bits per heavy atom. The standard InChI is InChI=1S/C14H8Cl6O2S/c15-13(16,17)9-5-7(1-3-11(9)21)23-8-2-4-12(22)10(6-8)14(18,19)20/h1-6,21-22H. The number of phenolic OH excluding ortho intramolecular Hbond substituents is 2. The lowest BCUT2D eigenvalue weighted by Crippen LogP contribution is -2.01. The average Bonchev–Trinajstić information content (AvgIpc) is 2.40. The molecule has 23 heavy (non-hydrogen) atoms. The van der Waals surface area contributed by atoms with Gasteiger partial charge in [-0.15, -0.1) is 0 Å². The number of phenols is 2. The molecule has 0 aromatic heterocycles. The van der Waals surface area contributed by atoms with Crippen LogP contribution in [0.2, 0.25) is 0 Å². The Bertz CT molecular complexity index is 663. The molecule has 0 fully saturated rings. The zero-order valence-electron chi connectivity index (χ0n) is 11.0. The third-order valence-electron chi connectivity index (χ3n) is 2.78. The van der Waals surface area contributed by atoms with Gasteiger partial charge in [-0.3, -0.25) is 0 Å². The number of alkyl halides is 6. The number of benzene rings is 2. The van der Waals surface area contributed by atoms with Crippen LogP contribution in [0.25, 0.3) is 0 Å². The van der Waals surface area contributed by atoms with Gasteiger partial charge in [0.1, 0.15) is 11.5 Å². The summed E-state index contributed by atoms with van der Waals surface area (Å²) < 4.78 is -3.50. The predicted molar refractivity (Wildman–Crippen MR) is 98.8 cm³/mol. The second kappa shape index (κ2) is 7.17. The highest BCUT2D eigenvalue weighted by Crippen LogP contribution is 2.46. The van der Waals surface area contributed by atoms with E-state index in [9.17, 15) is 10.2 Å². The van der Waals surface area contributed by atoms with Crippen molar-refractivity contribution < 1.29 is 10.2 Å². The van der Waals surface area contributed by atoms with Crippen LogP contribution in [0.15, 0.2) is 46.2 Å². The second-order valence-electron chi connectivity index (χ2n) is 4.46. The molecule has 124 valence electrons. The normalized spacial score (nSPS) is 12.4. The quantitative estimate of drug-likeness (QED) is 0.486. The average molecular weight is 453 g/mol. The molecule has 0 amide bonds. The number of hydrogen-bond donors (Lipinski definition) is 2. The predicted octanol–water partition coefficient (Wildman–Crippen LogP) is 6.90. The summed E-state index contributed by atoms with van der Waals surface area (Å²) >= 11 is 36.2. The Labute approximate surface area is 167 Å². The first-order chi connectivity index (χ1) is 10.5. The van der Waals surface area contributed by atoms with Crippen molar-refractivity contribution in [3.63, 3.8) is 0 Å². The molecule has 0 saturated heterocycles. The summed E-state index contributed by atoms with van der Waals surface area (Å²) in [5.74, 6) is -0.246. The van der Waals surface area contributed by atoms with Gasteiger partial charge in [-0.05, 0) is 36.4 Å². The van der Waals surface area contributed by atoms with Crippen molar-refractivity contribution in [1.82, 2.24) is 0 Å². The molecule has 0 radical (unpaired) electrons. The van der Waals surface area contributed by atoms with E-state index >= 15 is 0 Å². The van der Waals surface area contributed by atoms with E-state index in [1.165, 1.54) is 23.9 Å². The van der Waals surface area contributed by atoms with Crippen molar-refractivity contribution in [1.29, 1.82) is 0 Å². The Morgan fingerprint density at radius 1 is 0.652 bits per heavy atom. The molecule has 2 nitrogen and oxygen atoms in total. The molecule has 0 unspecified atom stereocenters. The van der Waals surface area contributed by atoms with Crippen LogP contribution >= 0.6 is 81.4 Å². The van der Waals surface area contributed by atoms with E-state index in [0.29, 0.717) is 9.79 Å². The van der Waals surface area contributed by atoms with Crippen molar-refractivity contribution in [2.75, 3.05) is 0 Å². The molecule has 0 aliphatic heterocycles. The van der Waals surface area contributed by atoms with Gasteiger partial charge < -0.3 is 10.2 Å². The molecule has 0 heterocycles. The summed E-state index contributed by atoms with van der Waals surface area (Å²) in [5.41, 5.74) is 0.320. The molecule has 2 N–H and O–H groups in total. The van der Waals surface area contributed by atoms with E-state index in [-0.39, 0.29) is 22.6 Å². The molecular formula is C14H8Cl6O2S. The molecule has 9 heteroatoms. The van der Waals surface area contributed by atoms with Crippen LogP contribution in [0.4, 0.5) is 0 Å². The van der Waals surface area contributed by atoms with Crippen molar-refractivity contribution in [3.8, 4) is 11.5 Å². The summed E-state index contributed by atoms with van der Waals surface area (Å²) in [4.78, 5) is 1.40. The molecule has 0 spiro atoms. The molecular weight excluding hydrogens is 445 g/mol. The lowest BCUT2D eigenvalue weighted by molar-refractivity contribution is 0.468. The van der Waals surface area contributed by atoms with Gasteiger partial charge in [0.2, 0.25) is 7.59 Å². The van der Waals surface area contributed by atoms with Crippen LogP contribution in [0, 0.1) is 0 Å². The highest BCUT2D eigenvalue weighted by Gasteiger charge is 2.28. The van der Waals surface area contributed by atoms with Crippen LogP contribution in [0.3, 0.4) is 0 Å². The maximum absolute atomic E-state index is 9.78. The van der Waals surface area contributed by atoms with Crippen LogP contribution in [-0.4, -0.2) is 10.2 Å². The fourth-order valence-electron chi connectivity index (χ4n) is 1.75. The first-order valence-corrected chi connectivity index (χ1v) is 9.05. The first kappa shape index (κ1) is 19.5. The Balaban J connectivity index is 2.37. The summed E-state index contributed by atoms with van der Waals surface area (Å²) in [7, 11) is 0. The van der Waals surface area contributed by atoms with Gasteiger partial charge in [-0.1, -0.05) is 81.4 Å². The van der Waals surface area contributed by atoms with E-state index in [1.807, 2.05) is 0 Å². The highest BCUT2D eigenvalue weighted by atomic mass is 35.6. The maximum Gasteiger partial charge on any atom is 0.219 e. The smallest absolute Gasteiger partial charge is 0.219 e. The van der Waals surface area contributed by atoms with Gasteiger partial charge >= 0.3 is 0 Å². The monoisotopic (exact) mass is 450 g/mol. The van der Waals surface area contributed by atoms with Gasteiger partial charge in [0, 0.05) is 20.9 Å². The van der Waals surface area contributed by atoms with Crippen LogP contribution in [0.1, 0.15) is 11.1 Å². The lowest BCUT2D eigenvalue weighted by Gasteiger charge is -2.16. The largest absolute Gasteiger partial charge is 0.508 e. The zero-order valence-corrected chi connectivity index (χ0v) is 16.4. The minimum atomic E-state index is -1.75. The van der Waals surface area contributed by atoms with Gasteiger partial charge in [0.05, 0.1) is 0 Å². The van der Waals surface area contributed by atoms with Gasteiger partial charge in [-0.25, -0.2) is 0 Å². The fourth-order valence-corrected chi connectivity index (χ4v) is 3.55. The van der Waals surface area contributed by atoms with Crippen molar-refractivity contribution in [2.24, 2.45) is 0 Å². The van der Waals surface area contributed by atoms with Gasteiger partial charge in [0.25, 0.3) is 0 Å². The van der Waals surface area contributed by atoms with E-state index in [4.69, 9.17) is 69.6 Å². The summed E-state index contributed by atoms with van der Waals surface area (Å²) in [5, 5.41) is 19.6. The molecule has 0 aliphatic carbocycles. The summed E-state index contributed by atoms with van der Waals surface area (Å²) in [6, 6.07) is 9.26. The summed E-state index contributed by atoms with van der Waals surface area (Å²) in [6.45, 7) is 0. The molecule has 2 rings (SSSR count). The van der Waals surface area contributed by atoms with E-state index in [0.717, 1.165) is 0 Å². The maximum atomic E-state index is 9.78. The fraction of sp³-hybridized carbons (Fsp3) is 0.143. The Kier molecular flexibility index (Phi) is 6.06. The number of halogens is 6. The lowest BCUT2D eigenvalue weighted by atomic mass is 10.2. The number of hydrogen-bond acceptors (Lipinski definition) is 3. The van der Waals surface area contributed by atoms with E-state index < -0.39 is 7.59 Å². The molecule has 2 aromatic rings. The SMILES string of the molecule is Oc1ccc(Sc2ccc(O)c(C(Cl)(Cl)Cl)c2)cc1C(Cl)(Cl)Cl. The Morgan fingerprint density at radius 2 is 1.00 bits per heavy atom. The topological polar surface area (TPSA) is 40.5 Å². The third kappa shape index (κ3) is 5.05. The van der Waals surface area contributed by atoms with Crippen LogP contribution in [-0.2, 0) is 7.59 Å². The van der Waals surface area contributed by atoms with Crippen molar-refractivity contribution in [2.45, 2.75) is 17.4 Å². The second-order valence-corrected chi connectivity index (χ2v) is 10.2. The Hall–Kier alpha value is 0.130. The molecule has 2 aromatic carbocycles. The molecule has 0 atom stereocenters.